The Morgan fingerprint density at radius 2 is 1.96 bits per heavy atom. The molecule has 1 aromatic carbocycles. The summed E-state index contributed by atoms with van der Waals surface area (Å²) < 4.78 is 10.4. The smallest absolute Gasteiger partial charge is 0.243 e. The average molecular weight is 337 g/mol. The van der Waals surface area contributed by atoms with Gasteiger partial charge in [-0.2, -0.15) is 0 Å². The molecule has 0 bridgehead atoms. The van der Waals surface area contributed by atoms with Crippen LogP contribution >= 0.6 is 0 Å². The van der Waals surface area contributed by atoms with Crippen LogP contribution in [0.2, 0.25) is 0 Å². The summed E-state index contributed by atoms with van der Waals surface area (Å²) in [5.74, 6) is 0.0777. The van der Waals surface area contributed by atoms with Gasteiger partial charge in [-0.1, -0.05) is 13.8 Å². The number of hydrogen-bond acceptors (Lipinski definition) is 5. The molecule has 1 rings (SSSR count). The van der Waals surface area contributed by atoms with Crippen molar-refractivity contribution in [3.63, 3.8) is 0 Å². The molecule has 4 N–H and O–H groups in total. The first-order valence-corrected chi connectivity index (χ1v) is 7.90. The summed E-state index contributed by atoms with van der Waals surface area (Å²) in [5.41, 5.74) is 7.26. The first-order valence-electron chi connectivity index (χ1n) is 7.90. The monoisotopic (exact) mass is 337 g/mol. The standard InChI is InChI=1S/C17H27N3O4/c1-11(2)16(18)17(22)19-10-15(21)20-14-6-5-13(9-12(14)3)24-8-7-23-4/h5-6,9,11,16H,7-8,10,18H2,1-4H3,(H,19,22)(H,20,21)/t16-/m0/s1. The van der Waals surface area contributed by atoms with Crippen LogP contribution in [0, 0.1) is 12.8 Å². The average Bonchev–Trinajstić information content (AvgIpc) is 2.54. The van der Waals surface area contributed by atoms with Crippen molar-refractivity contribution < 1.29 is 19.1 Å². The summed E-state index contributed by atoms with van der Waals surface area (Å²) >= 11 is 0. The molecule has 0 fully saturated rings. The van der Waals surface area contributed by atoms with E-state index in [-0.39, 0.29) is 24.3 Å². The fourth-order valence-corrected chi connectivity index (χ4v) is 1.89. The summed E-state index contributed by atoms with van der Waals surface area (Å²) in [5, 5.41) is 5.29. The topological polar surface area (TPSA) is 103 Å². The van der Waals surface area contributed by atoms with Crippen LogP contribution in [0.1, 0.15) is 19.4 Å². The number of nitrogens with one attached hydrogen (secondary N) is 2. The third-order valence-corrected chi connectivity index (χ3v) is 3.47. The minimum atomic E-state index is -0.622. The van der Waals surface area contributed by atoms with Crippen molar-refractivity contribution in [3.8, 4) is 5.75 Å². The molecule has 0 aliphatic heterocycles. The molecular weight excluding hydrogens is 310 g/mol. The Morgan fingerprint density at radius 1 is 1.25 bits per heavy atom. The van der Waals surface area contributed by atoms with E-state index in [4.69, 9.17) is 15.2 Å². The normalized spacial score (nSPS) is 11.9. The Balaban J connectivity index is 2.50. The quantitative estimate of drug-likeness (QED) is 0.585. The van der Waals surface area contributed by atoms with Crippen LogP contribution in [-0.2, 0) is 14.3 Å². The van der Waals surface area contributed by atoms with E-state index in [1.54, 1.807) is 19.2 Å². The molecule has 7 heteroatoms. The van der Waals surface area contributed by atoms with Gasteiger partial charge in [0.2, 0.25) is 11.8 Å². The SMILES string of the molecule is COCCOc1ccc(NC(=O)CNC(=O)[C@@H](N)C(C)C)c(C)c1. The van der Waals surface area contributed by atoms with Crippen molar-refractivity contribution in [3.05, 3.63) is 23.8 Å². The number of benzene rings is 1. The minimum absolute atomic E-state index is 0.0148. The Bertz CT molecular complexity index is 561. The van der Waals surface area contributed by atoms with Crippen molar-refractivity contribution in [2.45, 2.75) is 26.8 Å². The fourth-order valence-electron chi connectivity index (χ4n) is 1.89. The number of amides is 2. The number of hydrogen-bond donors (Lipinski definition) is 3. The van der Waals surface area contributed by atoms with Gasteiger partial charge >= 0.3 is 0 Å². The molecule has 7 nitrogen and oxygen atoms in total. The lowest BCUT2D eigenvalue weighted by Gasteiger charge is -2.15. The molecule has 0 heterocycles. The van der Waals surface area contributed by atoms with Gasteiger partial charge < -0.3 is 25.8 Å². The molecular formula is C17H27N3O4. The molecule has 0 saturated carbocycles. The Kier molecular flexibility index (Phi) is 8.21. The van der Waals surface area contributed by atoms with Gasteiger partial charge in [-0.15, -0.1) is 0 Å². The maximum absolute atomic E-state index is 11.9. The van der Waals surface area contributed by atoms with Crippen LogP contribution in [-0.4, -0.2) is 44.7 Å². The van der Waals surface area contributed by atoms with Gasteiger partial charge in [-0.25, -0.2) is 0 Å². The molecule has 2 amide bonds. The number of carbonyl (C=O) groups is 2. The number of rotatable bonds is 9. The van der Waals surface area contributed by atoms with Crippen LogP contribution in [0.15, 0.2) is 18.2 Å². The van der Waals surface area contributed by atoms with Crippen molar-refractivity contribution in [2.75, 3.05) is 32.2 Å². The number of carbonyl (C=O) groups excluding carboxylic acids is 2. The predicted octanol–water partition coefficient (Wildman–Crippen LogP) is 1.06. The second kappa shape index (κ2) is 9.89. The van der Waals surface area contributed by atoms with E-state index in [1.165, 1.54) is 0 Å². The lowest BCUT2D eigenvalue weighted by molar-refractivity contribution is -0.125. The van der Waals surface area contributed by atoms with Crippen molar-refractivity contribution >= 4 is 17.5 Å². The van der Waals surface area contributed by atoms with Gasteiger partial charge in [-0.3, -0.25) is 9.59 Å². The molecule has 0 radical (unpaired) electrons. The first kappa shape index (κ1) is 19.9. The van der Waals surface area contributed by atoms with E-state index < -0.39 is 6.04 Å². The van der Waals surface area contributed by atoms with Crippen LogP contribution < -0.4 is 21.1 Å². The van der Waals surface area contributed by atoms with Crippen LogP contribution in [0.3, 0.4) is 0 Å². The molecule has 0 spiro atoms. The number of methoxy groups -OCH3 is 1. The minimum Gasteiger partial charge on any atom is -0.491 e. The molecule has 0 unspecified atom stereocenters. The lowest BCUT2D eigenvalue weighted by Crippen LogP contribution is -2.46. The largest absolute Gasteiger partial charge is 0.491 e. The molecule has 1 aromatic rings. The summed E-state index contributed by atoms with van der Waals surface area (Å²) in [7, 11) is 1.61. The van der Waals surface area contributed by atoms with Gasteiger partial charge in [0, 0.05) is 12.8 Å². The number of anilines is 1. The lowest BCUT2D eigenvalue weighted by atomic mass is 10.1. The maximum Gasteiger partial charge on any atom is 0.243 e. The summed E-state index contributed by atoms with van der Waals surface area (Å²) in [6.45, 7) is 6.42. The molecule has 24 heavy (non-hydrogen) atoms. The Labute approximate surface area is 142 Å². The highest BCUT2D eigenvalue weighted by atomic mass is 16.5. The van der Waals surface area contributed by atoms with Gasteiger partial charge in [-0.05, 0) is 36.6 Å². The second-order valence-electron chi connectivity index (χ2n) is 5.85. The van der Waals surface area contributed by atoms with E-state index in [0.717, 1.165) is 5.56 Å². The third-order valence-electron chi connectivity index (χ3n) is 3.47. The molecule has 1 atom stereocenters. The van der Waals surface area contributed by atoms with Crippen molar-refractivity contribution in [2.24, 2.45) is 11.7 Å². The van der Waals surface area contributed by atoms with Crippen molar-refractivity contribution in [1.82, 2.24) is 5.32 Å². The zero-order valence-corrected chi connectivity index (χ0v) is 14.7. The Hall–Kier alpha value is -2.12. The molecule has 0 aliphatic rings. The zero-order valence-electron chi connectivity index (χ0n) is 14.7. The summed E-state index contributed by atoms with van der Waals surface area (Å²) in [6, 6.07) is 4.74. The van der Waals surface area contributed by atoms with E-state index in [0.29, 0.717) is 24.7 Å². The highest BCUT2D eigenvalue weighted by molar-refractivity contribution is 5.95. The summed E-state index contributed by atoms with van der Waals surface area (Å²) in [4.78, 5) is 23.7. The van der Waals surface area contributed by atoms with E-state index in [2.05, 4.69) is 10.6 Å². The van der Waals surface area contributed by atoms with Gasteiger partial charge in [0.05, 0.1) is 19.2 Å². The zero-order chi connectivity index (χ0) is 18.1. The predicted molar refractivity (Wildman–Crippen MR) is 93.0 cm³/mol. The number of aryl methyl sites for hydroxylation is 1. The van der Waals surface area contributed by atoms with Crippen molar-refractivity contribution in [1.29, 1.82) is 0 Å². The van der Waals surface area contributed by atoms with Crippen LogP contribution in [0.25, 0.3) is 0 Å². The van der Waals surface area contributed by atoms with Gasteiger partial charge in [0.1, 0.15) is 12.4 Å². The molecule has 0 aliphatic carbocycles. The van der Waals surface area contributed by atoms with Gasteiger partial charge in [0.15, 0.2) is 0 Å². The van der Waals surface area contributed by atoms with E-state index >= 15 is 0 Å². The highest BCUT2D eigenvalue weighted by Crippen LogP contribution is 2.21. The fraction of sp³-hybridized carbons (Fsp3) is 0.529. The van der Waals surface area contributed by atoms with Gasteiger partial charge in [0.25, 0.3) is 0 Å². The Morgan fingerprint density at radius 3 is 2.54 bits per heavy atom. The number of nitrogens with two attached hydrogens (primary N) is 1. The molecule has 134 valence electrons. The van der Waals surface area contributed by atoms with E-state index in [9.17, 15) is 9.59 Å². The first-order chi connectivity index (χ1) is 11.3. The second-order valence-corrected chi connectivity index (χ2v) is 5.85. The van der Waals surface area contributed by atoms with Crippen LogP contribution in [0.5, 0.6) is 5.75 Å². The number of ether oxygens (including phenoxy) is 2. The molecule has 0 saturated heterocycles. The third kappa shape index (κ3) is 6.55. The highest BCUT2D eigenvalue weighted by Gasteiger charge is 2.17. The van der Waals surface area contributed by atoms with Crippen LogP contribution in [0.4, 0.5) is 5.69 Å². The van der Waals surface area contributed by atoms with E-state index in [1.807, 2.05) is 26.8 Å². The summed E-state index contributed by atoms with van der Waals surface area (Å²) in [6.07, 6.45) is 0. The maximum atomic E-state index is 11.9. The molecule has 0 aromatic heterocycles.